The summed E-state index contributed by atoms with van der Waals surface area (Å²) in [7, 11) is 3.28. The highest BCUT2D eigenvalue weighted by Gasteiger charge is 2.28. The fourth-order valence-corrected chi connectivity index (χ4v) is 4.37. The molecule has 3 aromatic rings. The lowest BCUT2D eigenvalue weighted by Gasteiger charge is -2.25. The van der Waals surface area contributed by atoms with E-state index >= 15 is 0 Å². The second-order valence-electron chi connectivity index (χ2n) is 7.80. The molecule has 156 valence electrons. The molecule has 0 saturated carbocycles. The summed E-state index contributed by atoms with van der Waals surface area (Å²) in [6.45, 7) is 2.84. The maximum Gasteiger partial charge on any atom is 0.255 e. The van der Waals surface area contributed by atoms with Gasteiger partial charge in [-0.05, 0) is 47.2 Å². The molecule has 0 spiro atoms. The van der Waals surface area contributed by atoms with Crippen LogP contribution in [0.1, 0.15) is 34.8 Å². The summed E-state index contributed by atoms with van der Waals surface area (Å²) in [5.74, 6) is 1.34. The Morgan fingerprint density at radius 1 is 0.967 bits per heavy atom. The minimum Gasteiger partial charge on any atom is -0.497 e. The van der Waals surface area contributed by atoms with Crippen molar-refractivity contribution in [1.29, 1.82) is 0 Å². The molecular formula is C25H29N2O3+. The Bertz CT molecular complexity index is 1010. The van der Waals surface area contributed by atoms with Gasteiger partial charge < -0.3 is 19.7 Å². The number of carbonyl (C=O) groups excluding carboxylic acids is 1. The van der Waals surface area contributed by atoms with Crippen molar-refractivity contribution in [3.63, 3.8) is 0 Å². The zero-order valence-corrected chi connectivity index (χ0v) is 17.6. The van der Waals surface area contributed by atoms with Crippen LogP contribution in [-0.4, -0.2) is 39.8 Å². The number of carbonyl (C=O) groups is 1. The predicted molar refractivity (Wildman–Crippen MR) is 118 cm³/mol. The molecule has 1 heterocycles. The molecule has 3 aromatic carbocycles. The van der Waals surface area contributed by atoms with E-state index in [1.807, 2.05) is 48.5 Å². The van der Waals surface area contributed by atoms with Gasteiger partial charge in [-0.1, -0.05) is 24.3 Å². The number of ether oxygens (including phenoxy) is 2. The van der Waals surface area contributed by atoms with Crippen LogP contribution in [0.25, 0.3) is 10.8 Å². The van der Waals surface area contributed by atoms with Crippen LogP contribution in [0.3, 0.4) is 0 Å². The minimum atomic E-state index is -0.102. The molecule has 1 aliphatic rings. The van der Waals surface area contributed by atoms with Gasteiger partial charge >= 0.3 is 0 Å². The Morgan fingerprint density at radius 3 is 2.27 bits per heavy atom. The average Bonchev–Trinajstić information content (AvgIpc) is 3.33. The molecule has 1 fully saturated rings. The average molecular weight is 406 g/mol. The first-order chi connectivity index (χ1) is 14.7. The Morgan fingerprint density at radius 2 is 1.63 bits per heavy atom. The van der Waals surface area contributed by atoms with E-state index in [0.717, 1.165) is 29.6 Å². The molecular weight excluding hydrogens is 376 g/mol. The monoisotopic (exact) mass is 405 g/mol. The molecule has 0 bridgehead atoms. The molecule has 5 nitrogen and oxygen atoms in total. The van der Waals surface area contributed by atoms with Crippen molar-refractivity contribution in [2.24, 2.45) is 0 Å². The Labute approximate surface area is 177 Å². The number of hydrogen-bond acceptors (Lipinski definition) is 3. The SMILES string of the molecule is COc1ccc([C@H](CNC(=O)c2cc3ccccc3cc2OC)[NH+]2CCCC2)cc1. The second-order valence-corrected chi connectivity index (χ2v) is 7.80. The Kier molecular flexibility index (Phi) is 6.19. The largest absolute Gasteiger partial charge is 0.497 e. The van der Waals surface area contributed by atoms with Gasteiger partial charge in [0.05, 0.1) is 39.4 Å². The maximum absolute atomic E-state index is 13.1. The van der Waals surface area contributed by atoms with Crippen LogP contribution in [0.15, 0.2) is 60.7 Å². The number of amides is 1. The third-order valence-electron chi connectivity index (χ3n) is 6.04. The zero-order valence-electron chi connectivity index (χ0n) is 17.6. The van der Waals surface area contributed by atoms with Gasteiger partial charge in [0.25, 0.3) is 5.91 Å². The van der Waals surface area contributed by atoms with Crippen molar-refractivity contribution in [3.05, 3.63) is 71.8 Å². The molecule has 0 radical (unpaired) electrons. The summed E-state index contributed by atoms with van der Waals surface area (Å²) in [5.41, 5.74) is 1.79. The highest BCUT2D eigenvalue weighted by molar-refractivity contribution is 6.01. The topological polar surface area (TPSA) is 52.0 Å². The number of likely N-dealkylation sites (tertiary alicyclic amines) is 1. The van der Waals surface area contributed by atoms with E-state index < -0.39 is 0 Å². The number of nitrogens with one attached hydrogen (secondary N) is 2. The molecule has 1 saturated heterocycles. The van der Waals surface area contributed by atoms with Crippen molar-refractivity contribution in [3.8, 4) is 11.5 Å². The Balaban J connectivity index is 1.55. The summed E-state index contributed by atoms with van der Waals surface area (Å²) < 4.78 is 10.8. The molecule has 4 rings (SSSR count). The van der Waals surface area contributed by atoms with Crippen molar-refractivity contribution >= 4 is 16.7 Å². The Hall–Kier alpha value is -3.05. The molecule has 1 amide bonds. The molecule has 0 aliphatic carbocycles. The van der Waals surface area contributed by atoms with Crippen LogP contribution in [0.2, 0.25) is 0 Å². The van der Waals surface area contributed by atoms with E-state index in [1.165, 1.54) is 23.3 Å². The summed E-state index contributed by atoms with van der Waals surface area (Å²) in [5, 5.41) is 5.26. The molecule has 5 heteroatoms. The number of methoxy groups -OCH3 is 2. The van der Waals surface area contributed by atoms with Gasteiger partial charge in [0.15, 0.2) is 0 Å². The van der Waals surface area contributed by atoms with Gasteiger partial charge in [-0.2, -0.15) is 0 Å². The quantitative estimate of drug-likeness (QED) is 0.635. The van der Waals surface area contributed by atoms with E-state index in [2.05, 4.69) is 17.4 Å². The molecule has 30 heavy (non-hydrogen) atoms. The second kappa shape index (κ2) is 9.18. The van der Waals surface area contributed by atoms with Crippen LogP contribution >= 0.6 is 0 Å². The van der Waals surface area contributed by atoms with Gasteiger partial charge in [0.1, 0.15) is 17.5 Å². The standard InChI is InChI=1S/C25H28N2O3/c1-29-21-11-9-18(10-12-21)23(27-13-5-6-14-27)17-26-25(28)22-15-19-7-3-4-8-20(19)16-24(22)30-2/h3-4,7-12,15-16,23H,5-6,13-14,17H2,1-2H3,(H,26,28)/p+1/t23-/m0/s1. The van der Waals surface area contributed by atoms with Crippen molar-refractivity contribution in [1.82, 2.24) is 5.32 Å². The van der Waals surface area contributed by atoms with Gasteiger partial charge in [0.2, 0.25) is 0 Å². The molecule has 1 atom stereocenters. The molecule has 1 aliphatic heterocycles. The van der Waals surface area contributed by atoms with Gasteiger partial charge in [0, 0.05) is 18.4 Å². The summed E-state index contributed by atoms with van der Waals surface area (Å²) in [4.78, 5) is 14.6. The van der Waals surface area contributed by atoms with E-state index in [-0.39, 0.29) is 11.9 Å². The van der Waals surface area contributed by atoms with E-state index in [1.54, 1.807) is 14.2 Å². The highest BCUT2D eigenvalue weighted by Crippen LogP contribution is 2.26. The first-order valence-electron chi connectivity index (χ1n) is 10.5. The molecule has 0 unspecified atom stereocenters. The first kappa shape index (κ1) is 20.2. The molecule has 0 aromatic heterocycles. The van der Waals surface area contributed by atoms with E-state index in [9.17, 15) is 4.79 Å². The fraction of sp³-hybridized carbons (Fsp3) is 0.320. The van der Waals surface area contributed by atoms with Crippen LogP contribution < -0.4 is 19.7 Å². The van der Waals surface area contributed by atoms with Gasteiger partial charge in [-0.3, -0.25) is 4.79 Å². The lowest BCUT2D eigenvalue weighted by Crippen LogP contribution is -3.11. The fourth-order valence-electron chi connectivity index (χ4n) is 4.37. The minimum absolute atomic E-state index is 0.102. The van der Waals surface area contributed by atoms with Crippen LogP contribution in [0, 0.1) is 0 Å². The maximum atomic E-state index is 13.1. The summed E-state index contributed by atoms with van der Waals surface area (Å²) >= 11 is 0. The smallest absolute Gasteiger partial charge is 0.255 e. The lowest BCUT2D eigenvalue weighted by atomic mass is 10.0. The predicted octanol–water partition coefficient (Wildman–Crippen LogP) is 3.01. The zero-order chi connectivity index (χ0) is 20.9. The van der Waals surface area contributed by atoms with Crippen molar-refractivity contribution in [2.45, 2.75) is 18.9 Å². The number of benzene rings is 3. The number of rotatable bonds is 7. The van der Waals surface area contributed by atoms with Crippen LogP contribution in [0.5, 0.6) is 11.5 Å². The summed E-state index contributed by atoms with van der Waals surface area (Å²) in [6.07, 6.45) is 2.46. The third kappa shape index (κ3) is 4.26. The van der Waals surface area contributed by atoms with Crippen LogP contribution in [-0.2, 0) is 0 Å². The lowest BCUT2D eigenvalue weighted by molar-refractivity contribution is -0.918. The number of fused-ring (bicyclic) bond motifs is 1. The highest BCUT2D eigenvalue weighted by atomic mass is 16.5. The van der Waals surface area contributed by atoms with E-state index in [4.69, 9.17) is 9.47 Å². The van der Waals surface area contributed by atoms with Crippen LogP contribution in [0.4, 0.5) is 0 Å². The van der Waals surface area contributed by atoms with Gasteiger partial charge in [-0.25, -0.2) is 0 Å². The summed E-state index contributed by atoms with van der Waals surface area (Å²) in [6, 6.07) is 20.3. The van der Waals surface area contributed by atoms with E-state index in [0.29, 0.717) is 17.9 Å². The number of quaternary nitrogens is 1. The normalized spacial score (nSPS) is 15.1. The van der Waals surface area contributed by atoms with Crippen molar-refractivity contribution in [2.75, 3.05) is 33.9 Å². The van der Waals surface area contributed by atoms with Crippen molar-refractivity contribution < 1.29 is 19.2 Å². The molecule has 2 N–H and O–H groups in total. The van der Waals surface area contributed by atoms with Gasteiger partial charge in [-0.15, -0.1) is 0 Å². The first-order valence-corrected chi connectivity index (χ1v) is 10.5. The third-order valence-corrected chi connectivity index (χ3v) is 6.04. The number of hydrogen-bond donors (Lipinski definition) is 2.